The third kappa shape index (κ3) is 7.95. The average molecular weight is 391 g/mol. The summed E-state index contributed by atoms with van der Waals surface area (Å²) < 4.78 is 16.9. The van der Waals surface area contributed by atoms with Crippen LogP contribution in [0.15, 0.2) is 0 Å². The lowest BCUT2D eigenvalue weighted by Gasteiger charge is -2.48. The highest BCUT2D eigenvalue weighted by molar-refractivity contribution is 6.60. The number of hydrogen-bond acceptors (Lipinski definition) is 5. The lowest BCUT2D eigenvalue weighted by molar-refractivity contribution is 0.0510. The number of rotatable bonds is 16. The van der Waals surface area contributed by atoms with Gasteiger partial charge in [-0.25, -0.2) is 0 Å². The van der Waals surface area contributed by atoms with E-state index in [2.05, 4.69) is 27.7 Å². The molecule has 158 valence electrons. The SMILES string of the molecule is CO[Si](CC(C)(C)C(C)(C)C(N)CCCCCCCCCN)(OC)OC. The Kier molecular flexibility index (Phi) is 12.5. The smallest absolute Gasteiger partial charge is 0.377 e. The van der Waals surface area contributed by atoms with Crippen LogP contribution in [0, 0.1) is 10.8 Å². The van der Waals surface area contributed by atoms with Crippen LogP contribution >= 0.6 is 0 Å². The van der Waals surface area contributed by atoms with E-state index < -0.39 is 8.80 Å². The molecule has 1 unspecified atom stereocenters. The summed E-state index contributed by atoms with van der Waals surface area (Å²) in [4.78, 5) is 0. The number of unbranched alkanes of at least 4 members (excludes halogenated alkanes) is 6. The van der Waals surface area contributed by atoms with E-state index in [9.17, 15) is 0 Å². The lowest BCUT2D eigenvalue weighted by Crippen LogP contribution is -2.54. The molecule has 0 bridgehead atoms. The van der Waals surface area contributed by atoms with Gasteiger partial charge in [0.25, 0.3) is 0 Å². The van der Waals surface area contributed by atoms with Crippen LogP contribution in [0.4, 0.5) is 0 Å². The summed E-state index contributed by atoms with van der Waals surface area (Å²) in [7, 11) is 2.40. The minimum atomic E-state index is -2.63. The second kappa shape index (κ2) is 12.5. The van der Waals surface area contributed by atoms with E-state index in [-0.39, 0.29) is 16.9 Å². The van der Waals surface area contributed by atoms with Crippen molar-refractivity contribution in [2.75, 3.05) is 27.9 Å². The highest BCUT2D eigenvalue weighted by Gasteiger charge is 2.51. The molecule has 0 aliphatic rings. The van der Waals surface area contributed by atoms with Crippen LogP contribution in [0.3, 0.4) is 0 Å². The van der Waals surface area contributed by atoms with Crippen molar-refractivity contribution in [3.8, 4) is 0 Å². The Morgan fingerprint density at radius 1 is 0.769 bits per heavy atom. The first-order valence-electron chi connectivity index (χ1n) is 10.2. The molecule has 26 heavy (non-hydrogen) atoms. The van der Waals surface area contributed by atoms with Gasteiger partial charge in [-0.1, -0.05) is 66.2 Å². The first-order chi connectivity index (χ1) is 12.1. The third-order valence-corrected chi connectivity index (χ3v) is 9.66. The highest BCUT2D eigenvalue weighted by atomic mass is 28.4. The molecule has 0 aromatic heterocycles. The zero-order valence-corrected chi connectivity index (χ0v) is 19.5. The third-order valence-electron chi connectivity index (χ3n) is 6.48. The zero-order chi connectivity index (χ0) is 20.3. The Labute approximate surface area is 163 Å². The first-order valence-corrected chi connectivity index (χ1v) is 12.2. The summed E-state index contributed by atoms with van der Waals surface area (Å²) >= 11 is 0. The normalized spacial score (nSPS) is 14.7. The summed E-state index contributed by atoms with van der Waals surface area (Å²) in [6.45, 7) is 9.86. The maximum absolute atomic E-state index is 6.64. The van der Waals surface area contributed by atoms with Crippen molar-refractivity contribution in [2.45, 2.75) is 91.1 Å². The standard InChI is InChI=1S/C20H46N2O3Si/c1-19(2,17-26(23-5,24-6)25-7)20(3,4)18(22)15-13-11-9-8-10-12-14-16-21/h18H,8-17,21-22H2,1-7H3. The van der Waals surface area contributed by atoms with Crippen molar-refractivity contribution in [1.29, 1.82) is 0 Å². The Balaban J connectivity index is 4.48. The molecule has 6 heteroatoms. The first kappa shape index (κ1) is 26.0. The highest BCUT2D eigenvalue weighted by Crippen LogP contribution is 2.47. The lowest BCUT2D eigenvalue weighted by atomic mass is 9.64. The predicted octanol–water partition coefficient (Wildman–Crippen LogP) is 4.32. The van der Waals surface area contributed by atoms with E-state index in [4.69, 9.17) is 24.7 Å². The molecule has 0 heterocycles. The van der Waals surface area contributed by atoms with Crippen molar-refractivity contribution in [2.24, 2.45) is 22.3 Å². The van der Waals surface area contributed by atoms with E-state index in [1.165, 1.54) is 38.5 Å². The van der Waals surface area contributed by atoms with E-state index in [1.807, 2.05) is 0 Å². The summed E-state index contributed by atoms with van der Waals surface area (Å²) in [6.07, 6.45) is 9.85. The molecule has 0 aromatic carbocycles. The number of nitrogens with two attached hydrogens (primary N) is 2. The van der Waals surface area contributed by atoms with Gasteiger partial charge in [0.2, 0.25) is 0 Å². The van der Waals surface area contributed by atoms with Crippen LogP contribution in [-0.2, 0) is 13.3 Å². The minimum absolute atomic E-state index is 0.0397. The maximum atomic E-state index is 6.64. The second-order valence-electron chi connectivity index (χ2n) is 8.74. The molecular weight excluding hydrogens is 344 g/mol. The van der Waals surface area contributed by atoms with Gasteiger partial charge in [-0.15, -0.1) is 0 Å². The molecule has 0 saturated carbocycles. The van der Waals surface area contributed by atoms with E-state index >= 15 is 0 Å². The van der Waals surface area contributed by atoms with E-state index in [0.29, 0.717) is 0 Å². The van der Waals surface area contributed by atoms with Gasteiger partial charge in [0, 0.05) is 33.4 Å². The van der Waals surface area contributed by atoms with Crippen LogP contribution in [0.5, 0.6) is 0 Å². The largest absolute Gasteiger partial charge is 0.500 e. The summed E-state index contributed by atoms with van der Waals surface area (Å²) in [5.41, 5.74) is 12.1. The van der Waals surface area contributed by atoms with E-state index in [1.54, 1.807) is 21.3 Å². The maximum Gasteiger partial charge on any atom is 0.500 e. The topological polar surface area (TPSA) is 79.7 Å². The summed E-state index contributed by atoms with van der Waals surface area (Å²) in [5, 5.41) is 0. The van der Waals surface area contributed by atoms with Gasteiger partial charge >= 0.3 is 8.80 Å². The van der Waals surface area contributed by atoms with Crippen molar-refractivity contribution in [1.82, 2.24) is 0 Å². The predicted molar refractivity (Wildman–Crippen MR) is 113 cm³/mol. The molecule has 1 atom stereocenters. The van der Waals surface area contributed by atoms with Crippen LogP contribution < -0.4 is 11.5 Å². The van der Waals surface area contributed by atoms with Crippen LogP contribution in [0.25, 0.3) is 0 Å². The number of hydrogen-bond donors (Lipinski definition) is 2. The Morgan fingerprint density at radius 2 is 1.19 bits per heavy atom. The average Bonchev–Trinajstić information content (AvgIpc) is 2.61. The molecular formula is C20H46N2O3Si. The van der Waals surface area contributed by atoms with Crippen LogP contribution in [-0.4, -0.2) is 42.7 Å². The molecule has 0 radical (unpaired) electrons. The molecule has 0 saturated heterocycles. The van der Waals surface area contributed by atoms with Crippen LogP contribution in [0.2, 0.25) is 6.04 Å². The van der Waals surface area contributed by atoms with Gasteiger partial charge in [-0.2, -0.15) is 0 Å². The second-order valence-corrected chi connectivity index (χ2v) is 11.7. The van der Waals surface area contributed by atoms with Gasteiger partial charge in [0.1, 0.15) is 0 Å². The molecule has 0 aromatic rings. The molecule has 0 rings (SSSR count). The molecule has 4 N–H and O–H groups in total. The Bertz CT molecular complexity index is 353. The summed E-state index contributed by atoms with van der Waals surface area (Å²) in [6, 6.07) is 0.901. The monoisotopic (exact) mass is 390 g/mol. The zero-order valence-electron chi connectivity index (χ0n) is 18.5. The fourth-order valence-electron chi connectivity index (χ4n) is 3.49. The Hall–Kier alpha value is 0.0169. The van der Waals surface area contributed by atoms with E-state index in [0.717, 1.165) is 25.4 Å². The van der Waals surface area contributed by atoms with Gasteiger partial charge in [-0.3, -0.25) is 0 Å². The molecule has 0 amide bonds. The van der Waals surface area contributed by atoms with Crippen molar-refractivity contribution in [3.63, 3.8) is 0 Å². The molecule has 5 nitrogen and oxygen atoms in total. The van der Waals surface area contributed by atoms with Crippen LogP contribution in [0.1, 0.15) is 79.1 Å². The van der Waals surface area contributed by atoms with Gasteiger partial charge in [-0.05, 0) is 30.2 Å². The molecule has 0 fully saturated rings. The van der Waals surface area contributed by atoms with Gasteiger partial charge in [0.15, 0.2) is 0 Å². The summed E-state index contributed by atoms with van der Waals surface area (Å²) in [5.74, 6) is 0. The van der Waals surface area contributed by atoms with Gasteiger partial charge < -0.3 is 24.7 Å². The van der Waals surface area contributed by atoms with Gasteiger partial charge in [0.05, 0.1) is 0 Å². The molecule has 0 aliphatic heterocycles. The fourth-order valence-corrected chi connectivity index (χ4v) is 5.96. The minimum Gasteiger partial charge on any atom is -0.377 e. The molecule has 0 spiro atoms. The fraction of sp³-hybridized carbons (Fsp3) is 1.00. The van der Waals surface area contributed by atoms with Crippen molar-refractivity contribution >= 4 is 8.80 Å². The van der Waals surface area contributed by atoms with Crippen molar-refractivity contribution < 1.29 is 13.3 Å². The molecule has 0 aliphatic carbocycles. The Morgan fingerprint density at radius 3 is 1.62 bits per heavy atom. The quantitative estimate of drug-likeness (QED) is 0.303. The van der Waals surface area contributed by atoms with Crippen molar-refractivity contribution in [3.05, 3.63) is 0 Å².